The second-order valence-electron chi connectivity index (χ2n) is 3.11. The van der Waals surface area contributed by atoms with Crippen LogP contribution in [0.25, 0.3) is 0 Å². The SMILES string of the molecule is COC(=O)CN1CC=CCC(N)C1=O. The van der Waals surface area contributed by atoms with Crippen molar-refractivity contribution in [1.82, 2.24) is 4.90 Å². The predicted octanol–water partition coefficient (Wildman–Crippen LogP) is -0.725. The molecule has 0 aromatic rings. The van der Waals surface area contributed by atoms with Gasteiger partial charge in [-0.15, -0.1) is 0 Å². The van der Waals surface area contributed by atoms with Crippen molar-refractivity contribution in [2.75, 3.05) is 20.2 Å². The van der Waals surface area contributed by atoms with Crippen molar-refractivity contribution in [3.05, 3.63) is 12.2 Å². The fourth-order valence-corrected chi connectivity index (χ4v) is 1.23. The van der Waals surface area contributed by atoms with E-state index in [2.05, 4.69) is 4.74 Å². The molecule has 1 aliphatic rings. The van der Waals surface area contributed by atoms with E-state index < -0.39 is 12.0 Å². The van der Waals surface area contributed by atoms with E-state index in [9.17, 15) is 9.59 Å². The van der Waals surface area contributed by atoms with Crippen LogP contribution in [0.2, 0.25) is 0 Å². The lowest BCUT2D eigenvalue weighted by molar-refractivity contribution is -0.146. The fraction of sp³-hybridized carbons (Fsp3) is 0.556. The number of methoxy groups -OCH3 is 1. The molecule has 0 radical (unpaired) electrons. The minimum absolute atomic E-state index is 0.0344. The number of carbonyl (C=O) groups is 2. The van der Waals surface area contributed by atoms with Gasteiger partial charge in [0.25, 0.3) is 0 Å². The third kappa shape index (κ3) is 2.56. The van der Waals surface area contributed by atoms with Crippen molar-refractivity contribution in [1.29, 1.82) is 0 Å². The number of rotatable bonds is 2. The van der Waals surface area contributed by atoms with Crippen molar-refractivity contribution >= 4 is 11.9 Å². The molecule has 5 nitrogen and oxygen atoms in total. The Morgan fingerprint density at radius 3 is 3.07 bits per heavy atom. The van der Waals surface area contributed by atoms with Crippen molar-refractivity contribution in [3.63, 3.8) is 0 Å². The third-order valence-electron chi connectivity index (χ3n) is 2.06. The zero-order valence-corrected chi connectivity index (χ0v) is 8.10. The van der Waals surface area contributed by atoms with Crippen LogP contribution in [0.1, 0.15) is 6.42 Å². The normalized spacial score (nSPS) is 22.0. The van der Waals surface area contributed by atoms with Gasteiger partial charge in [0, 0.05) is 6.54 Å². The average Bonchev–Trinajstić information content (AvgIpc) is 2.33. The molecule has 0 aromatic heterocycles. The zero-order chi connectivity index (χ0) is 10.6. The van der Waals surface area contributed by atoms with E-state index in [-0.39, 0.29) is 12.5 Å². The molecule has 5 heteroatoms. The van der Waals surface area contributed by atoms with E-state index in [1.54, 1.807) is 0 Å². The van der Waals surface area contributed by atoms with Crippen molar-refractivity contribution in [2.45, 2.75) is 12.5 Å². The molecule has 1 amide bonds. The van der Waals surface area contributed by atoms with Crippen LogP contribution in [0.5, 0.6) is 0 Å². The molecule has 0 bridgehead atoms. The summed E-state index contributed by atoms with van der Waals surface area (Å²) >= 11 is 0. The van der Waals surface area contributed by atoms with Crippen LogP contribution in [0, 0.1) is 0 Å². The van der Waals surface area contributed by atoms with E-state index in [0.29, 0.717) is 13.0 Å². The van der Waals surface area contributed by atoms with Gasteiger partial charge >= 0.3 is 5.97 Å². The van der Waals surface area contributed by atoms with Gasteiger partial charge in [0.1, 0.15) is 6.54 Å². The first-order valence-electron chi connectivity index (χ1n) is 4.41. The Hall–Kier alpha value is -1.36. The lowest BCUT2D eigenvalue weighted by Crippen LogP contribution is -2.44. The predicted molar refractivity (Wildman–Crippen MR) is 50.3 cm³/mol. The number of ether oxygens (including phenoxy) is 1. The van der Waals surface area contributed by atoms with E-state index in [1.807, 2.05) is 12.2 Å². The van der Waals surface area contributed by atoms with E-state index >= 15 is 0 Å². The Balaban J connectivity index is 2.61. The Labute approximate surface area is 82.5 Å². The molecule has 1 rings (SSSR count). The highest BCUT2D eigenvalue weighted by Crippen LogP contribution is 2.04. The highest BCUT2D eigenvalue weighted by Gasteiger charge is 2.23. The first-order valence-corrected chi connectivity index (χ1v) is 4.41. The molecule has 0 saturated carbocycles. The van der Waals surface area contributed by atoms with Crippen LogP contribution in [0.15, 0.2) is 12.2 Å². The van der Waals surface area contributed by atoms with E-state index in [0.717, 1.165) is 0 Å². The molecule has 0 aliphatic carbocycles. The number of nitrogens with zero attached hydrogens (tertiary/aromatic N) is 1. The Kier molecular flexibility index (Phi) is 3.64. The van der Waals surface area contributed by atoms with Crippen LogP contribution in [-0.2, 0) is 14.3 Å². The smallest absolute Gasteiger partial charge is 0.325 e. The maximum atomic E-state index is 11.5. The van der Waals surface area contributed by atoms with Crippen LogP contribution in [-0.4, -0.2) is 43.0 Å². The average molecular weight is 198 g/mol. The van der Waals surface area contributed by atoms with Gasteiger partial charge in [0.15, 0.2) is 0 Å². The summed E-state index contributed by atoms with van der Waals surface area (Å²) in [5, 5.41) is 0. The molecule has 1 aliphatic heterocycles. The number of hydrogen-bond donors (Lipinski definition) is 1. The number of hydrogen-bond acceptors (Lipinski definition) is 4. The van der Waals surface area contributed by atoms with Gasteiger partial charge in [-0.2, -0.15) is 0 Å². The van der Waals surface area contributed by atoms with Gasteiger partial charge in [-0.1, -0.05) is 12.2 Å². The first kappa shape index (κ1) is 10.7. The molecule has 0 aromatic carbocycles. The van der Waals surface area contributed by atoms with Crippen LogP contribution < -0.4 is 5.73 Å². The summed E-state index contributed by atoms with van der Waals surface area (Å²) < 4.78 is 4.48. The Morgan fingerprint density at radius 1 is 1.71 bits per heavy atom. The highest BCUT2D eigenvalue weighted by atomic mass is 16.5. The molecule has 14 heavy (non-hydrogen) atoms. The molecule has 0 saturated heterocycles. The first-order chi connectivity index (χ1) is 6.65. The van der Waals surface area contributed by atoms with Gasteiger partial charge in [0.05, 0.1) is 13.2 Å². The summed E-state index contributed by atoms with van der Waals surface area (Å²) in [5.41, 5.74) is 5.59. The topological polar surface area (TPSA) is 72.6 Å². The number of nitrogens with two attached hydrogens (primary N) is 1. The molecule has 1 unspecified atom stereocenters. The summed E-state index contributed by atoms with van der Waals surface area (Å²) in [6, 6.07) is -0.543. The summed E-state index contributed by atoms with van der Waals surface area (Å²) in [6.45, 7) is 0.384. The molecule has 78 valence electrons. The third-order valence-corrected chi connectivity index (χ3v) is 2.06. The Bertz CT molecular complexity index is 263. The number of esters is 1. The second kappa shape index (κ2) is 4.76. The molecule has 0 spiro atoms. The summed E-state index contributed by atoms with van der Waals surface area (Å²) in [4.78, 5) is 23.9. The minimum Gasteiger partial charge on any atom is -0.468 e. The lowest BCUT2D eigenvalue weighted by Gasteiger charge is -2.20. The van der Waals surface area contributed by atoms with Crippen LogP contribution in [0.3, 0.4) is 0 Å². The van der Waals surface area contributed by atoms with Gasteiger partial charge in [-0.05, 0) is 6.42 Å². The van der Waals surface area contributed by atoms with Crippen molar-refractivity contribution in [3.8, 4) is 0 Å². The molecular formula is C9H14N2O3. The highest BCUT2D eigenvalue weighted by molar-refractivity contribution is 5.86. The summed E-state index contributed by atoms with van der Waals surface area (Å²) in [6.07, 6.45) is 4.20. The molecule has 1 heterocycles. The van der Waals surface area contributed by atoms with Crippen molar-refractivity contribution in [2.24, 2.45) is 5.73 Å². The summed E-state index contributed by atoms with van der Waals surface area (Å²) in [7, 11) is 1.29. The minimum atomic E-state index is -0.543. The maximum absolute atomic E-state index is 11.5. The van der Waals surface area contributed by atoms with Gasteiger partial charge in [0.2, 0.25) is 5.91 Å². The molecule has 2 N–H and O–H groups in total. The zero-order valence-electron chi connectivity index (χ0n) is 8.10. The molecule has 1 atom stereocenters. The quantitative estimate of drug-likeness (QED) is 0.469. The van der Waals surface area contributed by atoms with Crippen LogP contribution >= 0.6 is 0 Å². The Morgan fingerprint density at radius 2 is 2.43 bits per heavy atom. The fourth-order valence-electron chi connectivity index (χ4n) is 1.23. The van der Waals surface area contributed by atoms with Crippen molar-refractivity contribution < 1.29 is 14.3 Å². The largest absolute Gasteiger partial charge is 0.468 e. The second-order valence-corrected chi connectivity index (χ2v) is 3.11. The van der Waals surface area contributed by atoms with Gasteiger partial charge in [-0.3, -0.25) is 9.59 Å². The maximum Gasteiger partial charge on any atom is 0.325 e. The summed E-state index contributed by atoms with van der Waals surface area (Å²) in [5.74, 6) is -0.638. The van der Waals surface area contributed by atoms with E-state index in [1.165, 1.54) is 12.0 Å². The standard InChI is InChI=1S/C9H14N2O3/c1-14-8(12)6-11-5-3-2-4-7(10)9(11)13/h2-3,7H,4-6,10H2,1H3. The van der Waals surface area contributed by atoms with E-state index in [4.69, 9.17) is 5.73 Å². The van der Waals surface area contributed by atoms with Gasteiger partial charge in [-0.25, -0.2) is 0 Å². The number of carbonyl (C=O) groups excluding carboxylic acids is 2. The van der Waals surface area contributed by atoms with Gasteiger partial charge < -0.3 is 15.4 Å². The monoisotopic (exact) mass is 198 g/mol. The molecular weight excluding hydrogens is 184 g/mol. The molecule has 0 fully saturated rings. The van der Waals surface area contributed by atoms with Crippen LogP contribution in [0.4, 0.5) is 0 Å². The lowest BCUT2D eigenvalue weighted by atomic mass is 10.2. The number of amides is 1.